The number of hydrogen-bond donors (Lipinski definition) is 0. The highest BCUT2D eigenvalue weighted by Crippen LogP contribution is 2.40. The summed E-state index contributed by atoms with van der Waals surface area (Å²) < 4.78 is 35.8. The predicted octanol–water partition coefficient (Wildman–Crippen LogP) is 3.99. The van der Waals surface area contributed by atoms with Gasteiger partial charge in [0.25, 0.3) is 27.2 Å². The summed E-state index contributed by atoms with van der Waals surface area (Å²) in [5, 5.41) is 8.28. The summed E-state index contributed by atoms with van der Waals surface area (Å²) in [6.45, 7) is 4.50. The van der Waals surface area contributed by atoms with Gasteiger partial charge < -0.3 is 87.5 Å². The Morgan fingerprint density at radius 2 is 0.829 bits per heavy atom. The first-order chi connectivity index (χ1) is 52.3. The van der Waals surface area contributed by atoms with Gasteiger partial charge in [-0.05, 0) is 140 Å². The van der Waals surface area contributed by atoms with E-state index < -0.39 is 0 Å². The van der Waals surface area contributed by atoms with Crippen molar-refractivity contribution < 1.29 is 73.8 Å². The second-order valence-corrected chi connectivity index (χ2v) is 32.2. The molecule has 14 nitrogen and oxygen atoms in total. The molecule has 8 aromatic heterocycles. The fourth-order valence-electron chi connectivity index (χ4n) is 15.3. The Morgan fingerprint density at radius 3 is 1.35 bits per heavy atom. The molecule has 0 fully saturated rings. The molecular formula is C90H76Br3N9O5S4. The van der Waals surface area contributed by atoms with Gasteiger partial charge in [-0.2, -0.15) is 13.7 Å². The minimum atomic E-state index is -0.130. The molecule has 0 N–H and O–H groups in total. The van der Waals surface area contributed by atoms with Gasteiger partial charge in [-0.15, -0.1) is 34.0 Å². The third kappa shape index (κ3) is 13.7. The van der Waals surface area contributed by atoms with Crippen LogP contribution in [0.3, 0.4) is 0 Å². The fraction of sp³-hybridized carbons (Fsp3) is 0.133. The molecule has 0 saturated carbocycles. The highest BCUT2D eigenvalue weighted by Gasteiger charge is 2.43. The van der Waals surface area contributed by atoms with Gasteiger partial charge in [-0.1, -0.05) is 127 Å². The van der Waals surface area contributed by atoms with Gasteiger partial charge in [0.15, 0.2) is 5.71 Å². The number of rotatable bonds is 8. The number of methoxy groups -OCH3 is 1. The van der Waals surface area contributed by atoms with Gasteiger partial charge >= 0.3 is 5.89 Å². The molecule has 0 atom stereocenters. The molecule has 21 heteroatoms. The molecule has 0 spiro atoms. The van der Waals surface area contributed by atoms with E-state index in [2.05, 4.69) is 265 Å². The highest BCUT2D eigenvalue weighted by molar-refractivity contribution is 7.19. The van der Waals surface area contributed by atoms with Crippen LogP contribution in [0, 0.1) is 0 Å². The van der Waals surface area contributed by atoms with E-state index in [9.17, 15) is 14.4 Å². The van der Waals surface area contributed by atoms with Crippen LogP contribution in [0.2, 0.25) is 0 Å². The summed E-state index contributed by atoms with van der Waals surface area (Å²) in [6, 6.07) is 77.5. The van der Waals surface area contributed by atoms with E-state index in [-0.39, 0.29) is 73.0 Å². The molecule has 1 aliphatic heterocycles. The lowest BCUT2D eigenvalue weighted by atomic mass is 9.81. The molecule has 10 aromatic carbocycles. The van der Waals surface area contributed by atoms with Crippen molar-refractivity contribution in [3.63, 3.8) is 0 Å². The van der Waals surface area contributed by atoms with E-state index in [1.165, 1.54) is 98.9 Å². The van der Waals surface area contributed by atoms with Gasteiger partial charge in [0.2, 0.25) is 16.8 Å². The number of nitrogens with zero attached hydrogens (tertiary/aromatic N) is 9. The number of para-hydroxylation sites is 7. The summed E-state index contributed by atoms with van der Waals surface area (Å²) in [5.74, 6) is 1.54. The van der Waals surface area contributed by atoms with Crippen molar-refractivity contribution in [3.8, 4) is 11.4 Å². The summed E-state index contributed by atoms with van der Waals surface area (Å²) >= 11 is 6.27. The normalized spacial score (nSPS) is 13.6. The zero-order valence-corrected chi connectivity index (χ0v) is 70.7. The highest BCUT2D eigenvalue weighted by atomic mass is 79.9. The Labute approximate surface area is 685 Å². The molecule has 0 saturated heterocycles. The lowest BCUT2D eigenvalue weighted by molar-refractivity contribution is -0.652. The molecule has 19 rings (SSSR count). The average Bonchev–Trinajstić information content (AvgIpc) is 1.59. The third-order valence-electron chi connectivity index (χ3n) is 21.2. The second kappa shape index (κ2) is 30.9. The van der Waals surface area contributed by atoms with E-state index in [4.69, 9.17) is 9.15 Å². The first kappa shape index (κ1) is 77.1. The van der Waals surface area contributed by atoms with Crippen LogP contribution in [0.1, 0.15) is 47.0 Å². The number of aryl methyl sites for hydroxylation is 4. The molecule has 0 aliphatic carbocycles. The minimum Gasteiger partial charge on any atom is -1.00 e. The van der Waals surface area contributed by atoms with E-state index in [1.54, 1.807) is 50.5 Å². The summed E-state index contributed by atoms with van der Waals surface area (Å²) in [6.07, 6.45) is 12.2. The van der Waals surface area contributed by atoms with Gasteiger partial charge in [-0.25, -0.2) is 0 Å². The minimum absolute atomic E-state index is 0. The van der Waals surface area contributed by atoms with Gasteiger partial charge in [0, 0.05) is 125 Å². The SMILES string of the molecule is COc1ccc(-n2c3ccccc3c3cc(/C=c4/s/c(=C\c5sc6ccccc6[n+]5C)n(C)c4=O)ccc32)cc1.Cn1c(=O)/c(=C\c2ccc3c(c2)c2ccccc2n3C)s/c1=C\C1=[N+](C)c2ccccc2C1(C)C.Cn1c(=O)/c(=C\c2ccc3c(c2)c2ccccc2n3C)s/c1=C\c1oc2ccccc2[n+]1C.[Br-].[Br-].[Br-]. The van der Waals surface area contributed by atoms with Crippen molar-refractivity contribution in [1.29, 1.82) is 0 Å². The zero-order chi connectivity index (χ0) is 74.6. The van der Waals surface area contributed by atoms with E-state index in [1.807, 2.05) is 86.4 Å². The molecule has 18 aromatic rings. The number of hydrogen-bond acceptors (Lipinski definition) is 9. The van der Waals surface area contributed by atoms with Crippen molar-refractivity contribution in [2.45, 2.75) is 19.3 Å². The van der Waals surface area contributed by atoms with E-state index in [0.29, 0.717) is 10.4 Å². The van der Waals surface area contributed by atoms with Crippen LogP contribution in [0.25, 0.3) is 129 Å². The van der Waals surface area contributed by atoms with Gasteiger partial charge in [0.05, 0.1) is 49.3 Å². The smallest absolute Gasteiger partial charge is 0.376 e. The fourth-order valence-corrected chi connectivity index (χ4v) is 19.6. The zero-order valence-electron chi connectivity index (χ0n) is 62.7. The van der Waals surface area contributed by atoms with Crippen molar-refractivity contribution in [3.05, 3.63) is 316 Å². The average molecular weight is 1730 g/mol. The van der Waals surface area contributed by atoms with Crippen LogP contribution in [-0.2, 0) is 54.7 Å². The largest absolute Gasteiger partial charge is 1.00 e. The van der Waals surface area contributed by atoms with Crippen molar-refractivity contribution >= 4 is 180 Å². The Morgan fingerprint density at radius 1 is 0.405 bits per heavy atom. The van der Waals surface area contributed by atoms with Crippen LogP contribution in [0.15, 0.2) is 243 Å². The Kier molecular flexibility index (Phi) is 21.5. The molecule has 111 heavy (non-hydrogen) atoms. The Hall–Kier alpha value is -10.6. The number of fused-ring (bicyclic) bond motifs is 12. The molecule has 0 amide bonds. The Balaban J connectivity index is 0.000000137. The maximum Gasteiger partial charge on any atom is 0.376 e. The van der Waals surface area contributed by atoms with Crippen molar-refractivity contribution in [1.82, 2.24) is 27.4 Å². The molecular weight excluding hydrogens is 1660 g/mol. The van der Waals surface area contributed by atoms with E-state index in [0.717, 1.165) is 83.7 Å². The molecule has 556 valence electrons. The molecule has 0 unspecified atom stereocenters. The van der Waals surface area contributed by atoms with Crippen LogP contribution in [-0.4, -0.2) is 51.8 Å². The first-order valence-corrected chi connectivity index (χ1v) is 38.8. The van der Waals surface area contributed by atoms with Crippen LogP contribution in [0.4, 0.5) is 5.69 Å². The number of aromatic nitrogens is 8. The third-order valence-corrected chi connectivity index (χ3v) is 25.7. The molecule has 0 radical (unpaired) electrons. The molecule has 9 heterocycles. The number of thiazole rings is 4. The van der Waals surface area contributed by atoms with Crippen LogP contribution >= 0.6 is 45.3 Å². The number of halogens is 3. The summed E-state index contributed by atoms with van der Waals surface area (Å²) in [4.78, 5) is 39.5. The van der Waals surface area contributed by atoms with Crippen LogP contribution in [0.5, 0.6) is 5.75 Å². The quantitative estimate of drug-likeness (QED) is 0.214. The first-order valence-electron chi connectivity index (χ1n) is 35.6. The maximum absolute atomic E-state index is 13.3. The number of ether oxygens (including phenoxy) is 1. The van der Waals surface area contributed by atoms with Gasteiger partial charge in [-0.3, -0.25) is 14.4 Å². The summed E-state index contributed by atoms with van der Waals surface area (Å²) in [5.41, 5.74) is 17.8. The van der Waals surface area contributed by atoms with Crippen molar-refractivity contribution in [2.24, 2.45) is 49.3 Å². The lowest BCUT2D eigenvalue weighted by Gasteiger charge is -2.14. The molecule has 0 bridgehead atoms. The number of benzene rings is 10. The second-order valence-electron chi connectivity index (χ2n) is 27.9. The van der Waals surface area contributed by atoms with E-state index >= 15 is 0 Å². The predicted molar refractivity (Wildman–Crippen MR) is 448 cm³/mol. The number of oxazole rings is 1. The Bertz CT molecular complexity index is 7420. The molecule has 1 aliphatic rings. The standard InChI is InChI=1S/C33H26N3O2S2.C30H28N3OS.C27H22N3O2S.3BrH/c1-34-28-10-6-7-11-29(28)39-31(34)20-32-35(2)33(37)30(40-32)19-21-12-17-27-25(18-21)24-8-4-5-9-26(24)36(27)22-13-15-23(38-3)16-14-22;1-30(2)22-11-7-9-13-25(22)32(4)27(30)18-28-33(5)29(34)26(35-28)17-19-14-15-24-21(16-19)20-10-6-8-12-23(20)31(24)3;1-28-20-9-5-4-8-18(20)19-14-17(12-13-21(19)28)15-24-27(31)30(3)26(33-24)16-25-29(2)22-10-6-7-11-23(22)32-25;;;/h4-20H,1-3H3;6-18H,1-5H3;4-16H,1-3H3;3*1H/q3*+1;;;/p-3/b30-19+;26-17+;24-15+;;;. The van der Waals surface area contributed by atoms with Gasteiger partial charge in [0.1, 0.15) is 45.6 Å². The lowest BCUT2D eigenvalue weighted by Crippen LogP contribution is -3.00. The van der Waals surface area contributed by atoms with Crippen LogP contribution < -0.4 is 109 Å². The maximum atomic E-state index is 13.3. The monoisotopic (exact) mass is 1730 g/mol. The van der Waals surface area contributed by atoms with Crippen molar-refractivity contribution in [2.75, 3.05) is 14.2 Å². The summed E-state index contributed by atoms with van der Waals surface area (Å²) in [7, 11) is 17.5. The topological polar surface area (TPSA) is 114 Å².